The highest BCUT2D eigenvalue weighted by molar-refractivity contribution is 7.09. The van der Waals surface area contributed by atoms with Crippen LogP contribution in [0.2, 0.25) is 0 Å². The van der Waals surface area contributed by atoms with Gasteiger partial charge in [0.1, 0.15) is 5.01 Å². The molecule has 0 aliphatic heterocycles. The van der Waals surface area contributed by atoms with E-state index in [2.05, 4.69) is 10.7 Å². The summed E-state index contributed by atoms with van der Waals surface area (Å²) in [5, 5.41) is 7.52. The maximum absolute atomic E-state index is 4.72. The third kappa shape index (κ3) is 4.53. The van der Waals surface area contributed by atoms with Gasteiger partial charge in [-0.1, -0.05) is 57.8 Å². The second kappa shape index (κ2) is 7.73. The van der Waals surface area contributed by atoms with Gasteiger partial charge in [-0.2, -0.15) is 0 Å². The van der Waals surface area contributed by atoms with E-state index < -0.39 is 0 Å². The van der Waals surface area contributed by atoms with Gasteiger partial charge in [0.05, 0.1) is 5.54 Å². The molecule has 0 radical (unpaired) electrons. The highest BCUT2D eigenvalue weighted by Gasteiger charge is 2.38. The lowest BCUT2D eigenvalue weighted by Crippen LogP contribution is -2.43. The standard InChI is InChI=1S/C18H30N2S/c1-2-4-6-8-12-18(20-16-10-11-16,13-9-7-5-3-1)17-19-14-15-21-17/h14-16,20H,1-13H2. The van der Waals surface area contributed by atoms with E-state index in [1.165, 1.54) is 88.5 Å². The van der Waals surface area contributed by atoms with Crippen molar-refractivity contribution in [3.63, 3.8) is 0 Å². The highest BCUT2D eigenvalue weighted by atomic mass is 32.1. The third-order valence-electron chi connectivity index (χ3n) is 5.11. The first-order valence-corrected chi connectivity index (χ1v) is 9.95. The molecule has 2 aliphatic carbocycles. The number of nitrogens with zero attached hydrogens (tertiary/aromatic N) is 1. The van der Waals surface area contributed by atoms with Gasteiger partial charge in [0.15, 0.2) is 0 Å². The summed E-state index contributed by atoms with van der Waals surface area (Å²) in [6.45, 7) is 0. The summed E-state index contributed by atoms with van der Waals surface area (Å²) in [5.41, 5.74) is 0.189. The Kier molecular flexibility index (Phi) is 5.70. The van der Waals surface area contributed by atoms with Gasteiger partial charge in [0, 0.05) is 17.6 Å². The van der Waals surface area contributed by atoms with Crippen molar-refractivity contribution in [3.8, 4) is 0 Å². The van der Waals surface area contributed by atoms with Gasteiger partial charge in [-0.3, -0.25) is 0 Å². The molecule has 0 unspecified atom stereocenters. The molecule has 0 saturated heterocycles. The Morgan fingerprint density at radius 3 is 1.95 bits per heavy atom. The summed E-state index contributed by atoms with van der Waals surface area (Å²) < 4.78 is 0. The average molecular weight is 307 g/mol. The van der Waals surface area contributed by atoms with Gasteiger partial charge in [-0.15, -0.1) is 11.3 Å². The normalized spacial score (nSPS) is 25.0. The molecular formula is C18H30N2S. The molecule has 0 atom stereocenters. The molecular weight excluding hydrogens is 276 g/mol. The molecule has 1 aromatic rings. The number of rotatable bonds is 3. The molecule has 0 spiro atoms. The van der Waals surface area contributed by atoms with Crippen LogP contribution in [-0.4, -0.2) is 11.0 Å². The van der Waals surface area contributed by atoms with E-state index in [9.17, 15) is 0 Å². The Morgan fingerprint density at radius 2 is 1.48 bits per heavy atom. The summed E-state index contributed by atoms with van der Waals surface area (Å²) in [6, 6.07) is 0.766. The Balaban J connectivity index is 1.71. The monoisotopic (exact) mass is 306 g/mol. The van der Waals surface area contributed by atoms with Gasteiger partial charge in [-0.25, -0.2) is 4.98 Å². The molecule has 1 N–H and O–H groups in total. The van der Waals surface area contributed by atoms with Crippen LogP contribution in [0.15, 0.2) is 11.6 Å². The van der Waals surface area contributed by atoms with Crippen LogP contribution in [0.4, 0.5) is 0 Å². The zero-order valence-corrected chi connectivity index (χ0v) is 14.1. The van der Waals surface area contributed by atoms with E-state index in [0.29, 0.717) is 0 Å². The van der Waals surface area contributed by atoms with Crippen molar-refractivity contribution in [3.05, 3.63) is 16.6 Å². The lowest BCUT2D eigenvalue weighted by atomic mass is 9.85. The SMILES string of the molecule is c1csc(C2(NC3CC3)CCCCCCCCCCC2)n1. The Bertz CT molecular complexity index is 385. The van der Waals surface area contributed by atoms with Crippen LogP contribution in [-0.2, 0) is 5.54 Å². The Hall–Kier alpha value is -0.410. The zero-order chi connectivity index (χ0) is 14.4. The molecule has 2 nitrogen and oxygen atoms in total. The second-order valence-corrected chi connectivity index (χ2v) is 7.91. The van der Waals surface area contributed by atoms with E-state index in [4.69, 9.17) is 4.98 Å². The summed E-state index contributed by atoms with van der Waals surface area (Å²) in [7, 11) is 0. The smallest absolute Gasteiger partial charge is 0.113 e. The minimum absolute atomic E-state index is 0.189. The molecule has 2 fully saturated rings. The topological polar surface area (TPSA) is 24.9 Å². The van der Waals surface area contributed by atoms with E-state index in [1.807, 2.05) is 17.5 Å². The first-order chi connectivity index (χ1) is 10.4. The largest absolute Gasteiger partial charge is 0.303 e. The summed E-state index contributed by atoms with van der Waals surface area (Å²) in [5.74, 6) is 0. The minimum atomic E-state index is 0.189. The quantitative estimate of drug-likeness (QED) is 0.809. The maximum atomic E-state index is 4.72. The zero-order valence-electron chi connectivity index (χ0n) is 13.3. The molecule has 3 rings (SSSR count). The number of thiazole rings is 1. The maximum Gasteiger partial charge on any atom is 0.113 e. The number of hydrogen-bond donors (Lipinski definition) is 1. The van der Waals surface area contributed by atoms with E-state index in [-0.39, 0.29) is 5.54 Å². The van der Waals surface area contributed by atoms with Gasteiger partial charge in [-0.05, 0) is 25.7 Å². The van der Waals surface area contributed by atoms with Crippen molar-refractivity contribution in [2.75, 3.05) is 0 Å². The molecule has 3 heteroatoms. The van der Waals surface area contributed by atoms with Crippen molar-refractivity contribution in [2.24, 2.45) is 0 Å². The first-order valence-electron chi connectivity index (χ1n) is 9.07. The molecule has 21 heavy (non-hydrogen) atoms. The van der Waals surface area contributed by atoms with Crippen LogP contribution in [0.5, 0.6) is 0 Å². The van der Waals surface area contributed by atoms with E-state index >= 15 is 0 Å². The first kappa shape index (κ1) is 15.5. The molecule has 2 saturated carbocycles. The van der Waals surface area contributed by atoms with E-state index in [1.54, 1.807) is 0 Å². The van der Waals surface area contributed by atoms with Gasteiger partial charge >= 0.3 is 0 Å². The van der Waals surface area contributed by atoms with Gasteiger partial charge in [0.2, 0.25) is 0 Å². The lowest BCUT2D eigenvalue weighted by Gasteiger charge is -2.34. The van der Waals surface area contributed by atoms with Crippen LogP contribution >= 0.6 is 11.3 Å². The summed E-state index contributed by atoms with van der Waals surface area (Å²) in [4.78, 5) is 4.72. The van der Waals surface area contributed by atoms with Crippen molar-refractivity contribution >= 4 is 11.3 Å². The molecule has 0 amide bonds. The summed E-state index contributed by atoms with van der Waals surface area (Å²) >= 11 is 1.86. The second-order valence-electron chi connectivity index (χ2n) is 7.02. The third-order valence-corrected chi connectivity index (χ3v) is 6.08. The fourth-order valence-electron chi connectivity index (χ4n) is 3.71. The Morgan fingerprint density at radius 1 is 0.905 bits per heavy atom. The summed E-state index contributed by atoms with van der Waals surface area (Å²) in [6.07, 6.45) is 20.0. The molecule has 1 heterocycles. The van der Waals surface area contributed by atoms with E-state index in [0.717, 1.165) is 6.04 Å². The van der Waals surface area contributed by atoms with Gasteiger partial charge in [0.25, 0.3) is 0 Å². The van der Waals surface area contributed by atoms with Crippen molar-refractivity contribution in [2.45, 2.75) is 95.1 Å². The fraction of sp³-hybridized carbons (Fsp3) is 0.833. The molecule has 0 bridgehead atoms. The predicted molar refractivity (Wildman–Crippen MR) is 90.7 cm³/mol. The van der Waals surface area contributed by atoms with Crippen LogP contribution in [0.3, 0.4) is 0 Å². The Labute approximate surface area is 133 Å². The molecule has 2 aliphatic rings. The predicted octanol–water partition coefficient (Wildman–Crippen LogP) is 5.40. The van der Waals surface area contributed by atoms with Crippen LogP contribution < -0.4 is 5.32 Å². The molecule has 118 valence electrons. The lowest BCUT2D eigenvalue weighted by molar-refractivity contribution is 0.259. The number of aromatic nitrogens is 1. The van der Waals surface area contributed by atoms with Crippen LogP contribution in [0.25, 0.3) is 0 Å². The van der Waals surface area contributed by atoms with Crippen LogP contribution in [0, 0.1) is 0 Å². The number of hydrogen-bond acceptors (Lipinski definition) is 3. The van der Waals surface area contributed by atoms with Crippen molar-refractivity contribution in [1.29, 1.82) is 0 Å². The highest BCUT2D eigenvalue weighted by Crippen LogP contribution is 2.38. The minimum Gasteiger partial charge on any atom is -0.303 e. The van der Waals surface area contributed by atoms with Crippen molar-refractivity contribution in [1.82, 2.24) is 10.3 Å². The fourth-order valence-corrected chi connectivity index (χ4v) is 4.58. The molecule has 1 aromatic heterocycles. The number of nitrogens with one attached hydrogen (secondary N) is 1. The molecule has 0 aromatic carbocycles. The van der Waals surface area contributed by atoms with Gasteiger partial charge < -0.3 is 5.32 Å². The van der Waals surface area contributed by atoms with Crippen LogP contribution in [0.1, 0.15) is 88.5 Å². The van der Waals surface area contributed by atoms with Crippen molar-refractivity contribution < 1.29 is 0 Å². The average Bonchev–Trinajstić information content (AvgIpc) is 3.11.